The highest BCUT2D eigenvalue weighted by molar-refractivity contribution is 7.80. The summed E-state index contributed by atoms with van der Waals surface area (Å²) < 4.78 is 40.0. The van der Waals surface area contributed by atoms with Crippen LogP contribution in [0.25, 0.3) is 10.8 Å². The molecule has 208 valence electrons. The van der Waals surface area contributed by atoms with Crippen molar-refractivity contribution in [2.75, 3.05) is 6.54 Å². The van der Waals surface area contributed by atoms with E-state index in [1.807, 2.05) is 12.1 Å². The minimum Gasteiger partial charge on any atom is -0.356 e. The van der Waals surface area contributed by atoms with Crippen LogP contribution in [0.15, 0.2) is 85.1 Å². The van der Waals surface area contributed by atoms with Gasteiger partial charge in [0.2, 0.25) is 0 Å². The van der Waals surface area contributed by atoms with Crippen LogP contribution in [0.4, 0.5) is 13.2 Å². The summed E-state index contributed by atoms with van der Waals surface area (Å²) in [5.74, 6) is -1.60. The lowest BCUT2D eigenvalue weighted by molar-refractivity contribution is -0.137. The Bertz CT molecular complexity index is 1640. The largest absolute Gasteiger partial charge is 0.416 e. The quantitative estimate of drug-likeness (QED) is 0.179. The number of hydrogen-bond donors (Lipinski definition) is 3. The van der Waals surface area contributed by atoms with Crippen molar-refractivity contribution in [3.63, 3.8) is 0 Å². The van der Waals surface area contributed by atoms with Gasteiger partial charge in [-0.15, -0.1) is 0 Å². The van der Waals surface area contributed by atoms with E-state index in [2.05, 4.69) is 21.2 Å². The minimum absolute atomic E-state index is 0.0159. The van der Waals surface area contributed by atoms with Gasteiger partial charge in [-0.1, -0.05) is 54.6 Å². The molecule has 12 heteroatoms. The first-order valence-corrected chi connectivity index (χ1v) is 12.8. The Morgan fingerprint density at radius 3 is 2.29 bits per heavy atom. The van der Waals surface area contributed by atoms with Crippen LogP contribution in [0.2, 0.25) is 0 Å². The molecule has 0 aliphatic carbocycles. The van der Waals surface area contributed by atoms with E-state index in [0.29, 0.717) is 10.9 Å². The second-order valence-corrected chi connectivity index (χ2v) is 9.71. The molecule has 0 saturated heterocycles. The average Bonchev–Trinajstić information content (AvgIpc) is 3.20. The Morgan fingerprint density at radius 2 is 1.59 bits per heavy atom. The van der Waals surface area contributed by atoms with E-state index >= 15 is 0 Å². The maximum Gasteiger partial charge on any atom is 0.416 e. The fraction of sp³-hybridized carbons (Fsp3) is 0.138. The number of benzene rings is 3. The van der Waals surface area contributed by atoms with Gasteiger partial charge in [0.1, 0.15) is 5.69 Å². The van der Waals surface area contributed by atoms with Gasteiger partial charge in [-0.3, -0.25) is 35.1 Å². The highest BCUT2D eigenvalue weighted by Crippen LogP contribution is 2.30. The number of thiocarbonyl (C=S) groups is 1. The molecule has 3 N–H and O–H groups in total. The molecule has 1 atom stereocenters. The number of aromatic nitrogens is 1. The summed E-state index contributed by atoms with van der Waals surface area (Å²) in [4.78, 5) is 43.9. The molecule has 0 bridgehead atoms. The molecule has 41 heavy (non-hydrogen) atoms. The standard InChI is InChI=1S/C29H22F3N5O3S/c30-29(31,32)19-8-5-6-17(14-19)15-20(16-37-26(39)22-10-3-4-11-23(22)27(37)40)34-28(41)36-35-25(38)24-21-9-2-1-7-18(21)12-13-33-24/h1-14,20H,15-16H2,(H,35,38)(H2,34,36,41)/t20-/m0/s1. The molecule has 0 fully saturated rings. The monoisotopic (exact) mass is 577 g/mol. The second-order valence-electron chi connectivity index (χ2n) is 9.30. The lowest BCUT2D eigenvalue weighted by Gasteiger charge is -2.25. The number of hydrazine groups is 1. The molecule has 5 rings (SSSR count). The summed E-state index contributed by atoms with van der Waals surface area (Å²) in [7, 11) is 0. The van der Waals surface area contributed by atoms with Crippen LogP contribution in [0.3, 0.4) is 0 Å². The Kier molecular flexibility index (Phi) is 7.66. The second kappa shape index (κ2) is 11.3. The lowest BCUT2D eigenvalue weighted by Crippen LogP contribution is -2.53. The minimum atomic E-state index is -4.54. The normalized spacial score (nSPS) is 13.6. The van der Waals surface area contributed by atoms with E-state index < -0.39 is 35.5 Å². The Hall–Kier alpha value is -4.84. The van der Waals surface area contributed by atoms with E-state index in [-0.39, 0.29) is 34.9 Å². The third-order valence-electron chi connectivity index (χ3n) is 6.53. The number of imide groups is 1. The number of fused-ring (bicyclic) bond motifs is 2. The molecule has 4 aromatic rings. The van der Waals surface area contributed by atoms with Crippen molar-refractivity contribution in [1.29, 1.82) is 0 Å². The first-order chi connectivity index (χ1) is 19.6. The molecular formula is C29H22F3N5O3S. The van der Waals surface area contributed by atoms with Crippen molar-refractivity contribution in [3.8, 4) is 0 Å². The Morgan fingerprint density at radius 1 is 0.902 bits per heavy atom. The molecule has 0 saturated carbocycles. The molecule has 3 amide bonds. The number of pyridine rings is 1. The van der Waals surface area contributed by atoms with Crippen LogP contribution in [0, 0.1) is 0 Å². The molecule has 0 radical (unpaired) electrons. The molecule has 1 aliphatic heterocycles. The van der Waals surface area contributed by atoms with Gasteiger partial charge in [0, 0.05) is 18.1 Å². The van der Waals surface area contributed by atoms with Crippen LogP contribution < -0.4 is 16.2 Å². The Balaban J connectivity index is 1.32. The fourth-order valence-electron chi connectivity index (χ4n) is 4.64. The van der Waals surface area contributed by atoms with E-state index in [0.717, 1.165) is 22.4 Å². The van der Waals surface area contributed by atoms with Crippen LogP contribution in [-0.2, 0) is 12.6 Å². The first kappa shape index (κ1) is 27.7. The topological polar surface area (TPSA) is 103 Å². The summed E-state index contributed by atoms with van der Waals surface area (Å²) in [6.45, 7) is -0.191. The number of rotatable bonds is 6. The maximum absolute atomic E-state index is 13.3. The first-order valence-electron chi connectivity index (χ1n) is 12.4. The van der Waals surface area contributed by atoms with Gasteiger partial charge in [-0.2, -0.15) is 13.2 Å². The third-order valence-corrected chi connectivity index (χ3v) is 6.75. The van der Waals surface area contributed by atoms with Crippen LogP contribution >= 0.6 is 12.2 Å². The predicted octanol–water partition coefficient (Wildman–Crippen LogP) is 4.27. The summed E-state index contributed by atoms with van der Waals surface area (Å²) in [6.07, 6.45) is -3.06. The molecule has 1 aromatic heterocycles. The van der Waals surface area contributed by atoms with Crippen LogP contribution in [0.5, 0.6) is 0 Å². The van der Waals surface area contributed by atoms with Crippen molar-refractivity contribution in [2.24, 2.45) is 0 Å². The van der Waals surface area contributed by atoms with E-state index in [4.69, 9.17) is 12.2 Å². The summed E-state index contributed by atoms with van der Waals surface area (Å²) in [5.41, 5.74) is 5.16. The zero-order chi connectivity index (χ0) is 29.1. The smallest absolute Gasteiger partial charge is 0.356 e. The zero-order valence-electron chi connectivity index (χ0n) is 21.2. The molecule has 3 aromatic carbocycles. The van der Waals surface area contributed by atoms with Gasteiger partial charge < -0.3 is 5.32 Å². The number of carbonyl (C=O) groups is 3. The van der Waals surface area contributed by atoms with Gasteiger partial charge in [-0.25, -0.2) is 0 Å². The number of amides is 3. The fourth-order valence-corrected chi connectivity index (χ4v) is 4.86. The number of hydrogen-bond acceptors (Lipinski definition) is 5. The van der Waals surface area contributed by atoms with Crippen LogP contribution in [0.1, 0.15) is 42.3 Å². The summed E-state index contributed by atoms with van der Waals surface area (Å²) in [6, 6.07) is 19.3. The van der Waals surface area contributed by atoms with Crippen molar-refractivity contribution in [2.45, 2.75) is 18.6 Å². The average molecular weight is 578 g/mol. The number of nitrogens with zero attached hydrogens (tertiary/aromatic N) is 2. The number of halogens is 3. The molecule has 2 heterocycles. The predicted molar refractivity (Wildman–Crippen MR) is 149 cm³/mol. The maximum atomic E-state index is 13.3. The third kappa shape index (κ3) is 6.02. The number of nitrogens with one attached hydrogen (secondary N) is 3. The van der Waals surface area contributed by atoms with Gasteiger partial charge in [0.25, 0.3) is 17.7 Å². The molecule has 0 unspecified atom stereocenters. The van der Waals surface area contributed by atoms with Crippen molar-refractivity contribution < 1.29 is 27.6 Å². The molecule has 8 nitrogen and oxygen atoms in total. The molecular weight excluding hydrogens is 555 g/mol. The Labute approximate surface area is 237 Å². The molecule has 0 spiro atoms. The highest BCUT2D eigenvalue weighted by Gasteiger charge is 2.37. The summed E-state index contributed by atoms with van der Waals surface area (Å²) in [5, 5.41) is 4.28. The zero-order valence-corrected chi connectivity index (χ0v) is 22.1. The van der Waals surface area contributed by atoms with E-state index in [9.17, 15) is 27.6 Å². The number of carbonyl (C=O) groups excluding carboxylic acids is 3. The van der Waals surface area contributed by atoms with Crippen molar-refractivity contribution in [3.05, 3.63) is 113 Å². The van der Waals surface area contributed by atoms with E-state index in [1.165, 1.54) is 30.5 Å². The van der Waals surface area contributed by atoms with Crippen LogP contribution in [-0.4, -0.2) is 45.3 Å². The molecule has 1 aliphatic rings. The van der Waals surface area contributed by atoms with Gasteiger partial charge in [0.15, 0.2) is 5.11 Å². The number of alkyl halides is 3. The van der Waals surface area contributed by atoms with Gasteiger partial charge in [0.05, 0.1) is 22.7 Å². The van der Waals surface area contributed by atoms with Crippen molar-refractivity contribution in [1.82, 2.24) is 26.1 Å². The lowest BCUT2D eigenvalue weighted by atomic mass is 10.0. The SMILES string of the molecule is O=C(NNC(=S)N[C@@H](Cc1cccc(C(F)(F)F)c1)CN1C(=O)c2ccccc2C1=O)c1nccc2ccccc12. The summed E-state index contributed by atoms with van der Waals surface area (Å²) >= 11 is 5.34. The van der Waals surface area contributed by atoms with Gasteiger partial charge >= 0.3 is 6.18 Å². The highest BCUT2D eigenvalue weighted by atomic mass is 32.1. The van der Waals surface area contributed by atoms with Crippen molar-refractivity contribution >= 4 is 45.8 Å². The van der Waals surface area contributed by atoms with Gasteiger partial charge in [-0.05, 0) is 53.9 Å². The van der Waals surface area contributed by atoms with E-state index in [1.54, 1.807) is 30.3 Å².